The number of rotatable bonds is 4. The number of amides is 1. The number of benzene rings is 1. The molecule has 0 aliphatic carbocycles. The zero-order chi connectivity index (χ0) is 24.6. The van der Waals surface area contributed by atoms with Crippen LogP contribution >= 0.6 is 0 Å². The van der Waals surface area contributed by atoms with Crippen molar-refractivity contribution in [2.24, 2.45) is 4.99 Å². The summed E-state index contributed by atoms with van der Waals surface area (Å²) in [4.78, 5) is 43.7. The average Bonchev–Trinajstić information content (AvgIpc) is 3.70. The van der Waals surface area contributed by atoms with Gasteiger partial charge in [0.15, 0.2) is 11.6 Å². The van der Waals surface area contributed by atoms with Gasteiger partial charge in [-0.05, 0) is 12.1 Å². The van der Waals surface area contributed by atoms with Crippen molar-refractivity contribution in [2.45, 2.75) is 0 Å². The molecule has 36 heavy (non-hydrogen) atoms. The second-order valence-corrected chi connectivity index (χ2v) is 8.51. The van der Waals surface area contributed by atoms with E-state index in [0.717, 1.165) is 24.4 Å². The van der Waals surface area contributed by atoms with Gasteiger partial charge in [-0.15, -0.1) is 5.10 Å². The maximum Gasteiger partial charge on any atom is 0.295 e. The Hall–Kier alpha value is -4.61. The third kappa shape index (κ3) is 3.67. The van der Waals surface area contributed by atoms with Crippen molar-refractivity contribution in [1.29, 1.82) is 0 Å². The van der Waals surface area contributed by atoms with E-state index in [1.807, 2.05) is 30.3 Å². The molecule has 0 atom stereocenters. The summed E-state index contributed by atoms with van der Waals surface area (Å²) in [6.07, 6.45) is 5.37. The molecule has 1 N–H and O–H groups in total. The predicted octanol–water partition coefficient (Wildman–Crippen LogP) is 1.49. The minimum Gasteiger partial charge on any atom is -0.357 e. The Morgan fingerprint density at radius 2 is 1.83 bits per heavy atom. The summed E-state index contributed by atoms with van der Waals surface area (Å²) in [5, 5.41) is 7.62. The van der Waals surface area contributed by atoms with Gasteiger partial charge in [0.25, 0.3) is 11.7 Å². The highest BCUT2D eigenvalue weighted by molar-refractivity contribution is 6.45. The summed E-state index contributed by atoms with van der Waals surface area (Å²) in [5.41, 5.74) is 1.30. The van der Waals surface area contributed by atoms with Crippen LogP contribution in [0.1, 0.15) is 10.4 Å². The number of fused-ring (bicyclic) bond motifs is 1. The molecule has 1 fully saturated rings. The molecule has 3 aromatic heterocycles. The van der Waals surface area contributed by atoms with Crippen LogP contribution < -0.4 is 4.90 Å². The number of ketones is 1. The van der Waals surface area contributed by atoms with Crippen LogP contribution in [0.3, 0.4) is 0 Å². The number of Topliss-reactive ketones (excluding diaryl/α,β-unsaturated/α-hetero) is 1. The Kier molecular flexibility index (Phi) is 5.40. The van der Waals surface area contributed by atoms with Crippen LogP contribution in [0.4, 0.5) is 10.1 Å². The summed E-state index contributed by atoms with van der Waals surface area (Å²) in [6, 6.07) is 10.0. The molecule has 6 rings (SSSR count). The molecule has 2 aliphatic heterocycles. The number of nitrogens with one attached hydrogen (secondary N) is 1. The molecule has 1 amide bonds. The van der Waals surface area contributed by atoms with Gasteiger partial charge in [-0.3, -0.25) is 14.6 Å². The van der Waals surface area contributed by atoms with E-state index in [9.17, 15) is 14.0 Å². The van der Waals surface area contributed by atoms with Crippen LogP contribution in [-0.2, 0) is 4.79 Å². The van der Waals surface area contributed by atoms with Crippen LogP contribution in [0.25, 0.3) is 16.7 Å². The Balaban J connectivity index is 1.18. The zero-order valence-electron chi connectivity index (χ0n) is 19.2. The molecule has 1 saturated heterocycles. The Labute approximate surface area is 204 Å². The van der Waals surface area contributed by atoms with Crippen molar-refractivity contribution >= 4 is 34.2 Å². The predicted molar refractivity (Wildman–Crippen MR) is 130 cm³/mol. The Bertz CT molecular complexity index is 1460. The molecule has 0 spiro atoms. The SMILES string of the molecule is O=C(C(=O)N1CCN(C2=NCCN2c2ccccc2)CC1)c1c[nH]c2c(-n3ccnn3)ncc(F)c12. The third-order valence-electron chi connectivity index (χ3n) is 6.46. The Morgan fingerprint density at radius 3 is 2.58 bits per heavy atom. The Morgan fingerprint density at radius 1 is 1.03 bits per heavy atom. The summed E-state index contributed by atoms with van der Waals surface area (Å²) in [5.74, 6) is -0.970. The van der Waals surface area contributed by atoms with Gasteiger partial charge in [0.1, 0.15) is 0 Å². The molecule has 12 heteroatoms. The number of anilines is 1. The number of guanidine groups is 1. The molecule has 4 aromatic rings. The zero-order valence-corrected chi connectivity index (χ0v) is 19.2. The van der Waals surface area contributed by atoms with E-state index in [1.165, 1.54) is 22.0 Å². The van der Waals surface area contributed by atoms with E-state index in [1.54, 1.807) is 6.20 Å². The van der Waals surface area contributed by atoms with Crippen LogP contribution in [0.15, 0.2) is 60.1 Å². The number of aromatic amines is 1. The van der Waals surface area contributed by atoms with Gasteiger partial charge < -0.3 is 19.7 Å². The highest BCUT2D eigenvalue weighted by Gasteiger charge is 2.32. The molecule has 0 radical (unpaired) electrons. The van der Waals surface area contributed by atoms with Gasteiger partial charge in [0, 0.05) is 44.6 Å². The molecule has 0 saturated carbocycles. The van der Waals surface area contributed by atoms with E-state index >= 15 is 0 Å². The maximum atomic E-state index is 14.7. The van der Waals surface area contributed by atoms with E-state index in [-0.39, 0.29) is 22.3 Å². The monoisotopic (exact) mass is 487 g/mol. The van der Waals surface area contributed by atoms with Crippen LogP contribution in [0, 0.1) is 5.82 Å². The van der Waals surface area contributed by atoms with Crippen molar-refractivity contribution in [1.82, 2.24) is 34.8 Å². The number of H-pyrrole nitrogens is 1. The summed E-state index contributed by atoms with van der Waals surface area (Å²) < 4.78 is 16.1. The highest BCUT2D eigenvalue weighted by Crippen LogP contribution is 2.26. The van der Waals surface area contributed by atoms with E-state index in [0.29, 0.717) is 32.7 Å². The first-order valence-electron chi connectivity index (χ1n) is 11.6. The normalized spacial score (nSPS) is 16.0. The molecular weight excluding hydrogens is 465 g/mol. The molecule has 2 aliphatic rings. The number of aliphatic imine (C=N–C) groups is 1. The third-order valence-corrected chi connectivity index (χ3v) is 6.46. The van der Waals surface area contributed by atoms with Gasteiger partial charge in [-0.25, -0.2) is 14.1 Å². The topological polar surface area (TPSA) is 116 Å². The van der Waals surface area contributed by atoms with Gasteiger partial charge in [-0.1, -0.05) is 23.4 Å². The van der Waals surface area contributed by atoms with Crippen molar-refractivity contribution in [3.8, 4) is 5.82 Å². The quantitative estimate of drug-likeness (QED) is 0.343. The number of aromatic nitrogens is 5. The number of para-hydroxylation sites is 1. The largest absolute Gasteiger partial charge is 0.357 e. The van der Waals surface area contributed by atoms with Crippen LogP contribution in [0.5, 0.6) is 0 Å². The minimum absolute atomic E-state index is 0.00583. The minimum atomic E-state index is -0.770. The first-order valence-corrected chi connectivity index (χ1v) is 11.6. The van der Waals surface area contributed by atoms with Crippen LogP contribution in [0.2, 0.25) is 0 Å². The van der Waals surface area contributed by atoms with Gasteiger partial charge in [0.05, 0.1) is 41.6 Å². The van der Waals surface area contributed by atoms with E-state index in [2.05, 4.69) is 35.1 Å². The van der Waals surface area contributed by atoms with Crippen LogP contribution in [-0.4, -0.2) is 91.7 Å². The number of carbonyl (C=O) groups excluding carboxylic acids is 2. The van der Waals surface area contributed by atoms with Crippen molar-refractivity contribution in [3.63, 3.8) is 0 Å². The lowest BCUT2D eigenvalue weighted by molar-refractivity contribution is -0.127. The first-order chi connectivity index (χ1) is 17.6. The number of nitrogens with zero attached hydrogens (tertiary/aromatic N) is 8. The smallest absolute Gasteiger partial charge is 0.295 e. The summed E-state index contributed by atoms with van der Waals surface area (Å²) in [6.45, 7) is 3.33. The number of carbonyl (C=O) groups is 2. The van der Waals surface area contributed by atoms with E-state index in [4.69, 9.17) is 0 Å². The molecule has 0 bridgehead atoms. The number of halogens is 1. The van der Waals surface area contributed by atoms with Crippen molar-refractivity contribution < 1.29 is 14.0 Å². The molecule has 5 heterocycles. The lowest BCUT2D eigenvalue weighted by atomic mass is 10.1. The summed E-state index contributed by atoms with van der Waals surface area (Å²) in [7, 11) is 0. The fourth-order valence-electron chi connectivity index (χ4n) is 4.70. The molecule has 1 aromatic carbocycles. The molecule has 182 valence electrons. The number of hydrogen-bond acceptors (Lipinski definition) is 8. The lowest BCUT2D eigenvalue weighted by Crippen LogP contribution is -2.54. The van der Waals surface area contributed by atoms with Crippen molar-refractivity contribution in [2.75, 3.05) is 44.2 Å². The average molecular weight is 487 g/mol. The number of piperazine rings is 1. The highest BCUT2D eigenvalue weighted by atomic mass is 19.1. The number of hydrogen-bond donors (Lipinski definition) is 1. The second kappa shape index (κ2) is 8.87. The fourth-order valence-corrected chi connectivity index (χ4v) is 4.70. The van der Waals surface area contributed by atoms with Gasteiger partial charge in [0.2, 0.25) is 5.96 Å². The number of pyridine rings is 1. The van der Waals surface area contributed by atoms with Crippen molar-refractivity contribution in [3.05, 3.63) is 66.5 Å². The molecule has 0 unspecified atom stereocenters. The summed E-state index contributed by atoms with van der Waals surface area (Å²) >= 11 is 0. The van der Waals surface area contributed by atoms with E-state index < -0.39 is 17.5 Å². The first kappa shape index (κ1) is 21.9. The fraction of sp³-hybridized carbons (Fsp3) is 0.250. The van der Waals surface area contributed by atoms with Gasteiger partial charge >= 0.3 is 0 Å². The standard InChI is InChI=1S/C24H22FN9O2/c25-18-15-28-22(34-9-7-29-30-34)20-19(18)17(14-27-20)21(35)23(36)31-10-12-32(13-11-31)24-26-6-8-33(24)16-4-2-1-3-5-16/h1-5,7,9,14-15,27H,6,8,10-13H2. The molecular formula is C24H22FN9O2. The second-order valence-electron chi connectivity index (χ2n) is 8.51. The molecule has 11 nitrogen and oxygen atoms in total. The van der Waals surface area contributed by atoms with Gasteiger partial charge in [-0.2, -0.15) is 0 Å². The lowest BCUT2D eigenvalue weighted by Gasteiger charge is -2.38. The maximum absolute atomic E-state index is 14.7.